The predicted molar refractivity (Wildman–Crippen MR) is 120 cm³/mol. The number of ether oxygens (including phenoxy) is 1. The van der Waals surface area contributed by atoms with E-state index in [0.717, 1.165) is 0 Å². The summed E-state index contributed by atoms with van der Waals surface area (Å²) >= 11 is 5.19. The molecule has 1 aromatic heterocycles. The number of carbonyl (C=O) groups excluding carboxylic acids is 2. The Hall–Kier alpha value is -4.24. The Morgan fingerprint density at radius 3 is 2.38 bits per heavy atom. The Kier molecular flexibility index (Phi) is 5.57. The number of aromatic carboxylic acids is 1. The van der Waals surface area contributed by atoms with Crippen molar-refractivity contribution < 1.29 is 28.6 Å². The lowest BCUT2D eigenvalue weighted by atomic mass is 10.1. The number of carboxylic acid groups (broad SMARTS) is 1. The predicted octanol–water partition coefficient (Wildman–Crippen LogP) is 3.48. The molecule has 0 bridgehead atoms. The van der Waals surface area contributed by atoms with Crippen LogP contribution in [-0.4, -0.2) is 35.1 Å². The van der Waals surface area contributed by atoms with Gasteiger partial charge in [-0.1, -0.05) is 12.1 Å². The van der Waals surface area contributed by atoms with E-state index in [-0.39, 0.29) is 22.0 Å². The molecule has 4 rings (SSSR count). The Morgan fingerprint density at radius 2 is 1.75 bits per heavy atom. The van der Waals surface area contributed by atoms with Gasteiger partial charge >= 0.3 is 5.97 Å². The van der Waals surface area contributed by atoms with E-state index >= 15 is 0 Å². The molecule has 1 saturated heterocycles. The standard InChI is InChI=1S/C23H16N2O6S/c1-30-16-8-6-15(7-9-16)25-21(27)18(20(26)24-23(25)32)12-17-10-11-19(31-17)13-2-4-14(5-3-13)22(28)29/h2-12H,1H3,(H,28,29)(H,24,26,32)/b18-12-. The number of carbonyl (C=O) groups is 3. The van der Waals surface area contributed by atoms with Gasteiger partial charge in [0.25, 0.3) is 11.8 Å². The summed E-state index contributed by atoms with van der Waals surface area (Å²) in [6.07, 6.45) is 1.34. The van der Waals surface area contributed by atoms with Crippen LogP contribution in [0.25, 0.3) is 17.4 Å². The lowest BCUT2D eigenvalue weighted by Gasteiger charge is -2.28. The molecule has 0 aliphatic carbocycles. The van der Waals surface area contributed by atoms with Gasteiger partial charge < -0.3 is 14.3 Å². The zero-order chi connectivity index (χ0) is 22.8. The first-order chi connectivity index (χ1) is 15.4. The number of methoxy groups -OCH3 is 1. The van der Waals surface area contributed by atoms with Gasteiger partial charge in [-0.25, -0.2) is 4.79 Å². The second-order valence-electron chi connectivity index (χ2n) is 6.74. The van der Waals surface area contributed by atoms with Gasteiger partial charge in [0.05, 0.1) is 18.4 Å². The van der Waals surface area contributed by atoms with Gasteiger partial charge in [-0.2, -0.15) is 0 Å². The summed E-state index contributed by atoms with van der Waals surface area (Å²) < 4.78 is 10.9. The fourth-order valence-corrected chi connectivity index (χ4v) is 3.41. The molecule has 1 aliphatic rings. The monoisotopic (exact) mass is 448 g/mol. The number of hydrogen-bond donors (Lipinski definition) is 2. The maximum atomic E-state index is 13.1. The Balaban J connectivity index is 1.62. The number of furan rings is 1. The highest BCUT2D eigenvalue weighted by atomic mass is 32.1. The maximum absolute atomic E-state index is 13.1. The van der Waals surface area contributed by atoms with Gasteiger partial charge in [0.15, 0.2) is 5.11 Å². The van der Waals surface area contributed by atoms with Gasteiger partial charge in [0.1, 0.15) is 22.8 Å². The van der Waals surface area contributed by atoms with Crippen LogP contribution in [0.15, 0.2) is 70.7 Å². The molecule has 0 radical (unpaired) electrons. The van der Waals surface area contributed by atoms with E-state index in [4.69, 9.17) is 26.5 Å². The molecule has 0 saturated carbocycles. The molecule has 2 N–H and O–H groups in total. The second-order valence-corrected chi connectivity index (χ2v) is 7.13. The van der Waals surface area contributed by atoms with Crippen molar-refractivity contribution in [1.82, 2.24) is 5.32 Å². The molecule has 2 aromatic carbocycles. The van der Waals surface area contributed by atoms with Crippen LogP contribution in [0, 0.1) is 0 Å². The number of nitrogens with zero attached hydrogens (tertiary/aromatic N) is 1. The fraction of sp³-hybridized carbons (Fsp3) is 0.0435. The molecular weight excluding hydrogens is 432 g/mol. The summed E-state index contributed by atoms with van der Waals surface area (Å²) in [6.45, 7) is 0. The summed E-state index contributed by atoms with van der Waals surface area (Å²) in [4.78, 5) is 37.7. The van der Waals surface area contributed by atoms with Crippen molar-refractivity contribution >= 4 is 46.9 Å². The Bertz CT molecular complexity index is 1260. The van der Waals surface area contributed by atoms with E-state index in [1.54, 1.807) is 48.5 Å². The number of amides is 2. The zero-order valence-electron chi connectivity index (χ0n) is 16.7. The average Bonchev–Trinajstić information content (AvgIpc) is 3.26. The number of hydrogen-bond acceptors (Lipinski definition) is 6. The summed E-state index contributed by atoms with van der Waals surface area (Å²) in [5, 5.41) is 11.5. The number of benzene rings is 2. The topological polar surface area (TPSA) is 109 Å². The van der Waals surface area contributed by atoms with E-state index in [9.17, 15) is 14.4 Å². The minimum absolute atomic E-state index is 0.0269. The van der Waals surface area contributed by atoms with Crippen LogP contribution in [0.2, 0.25) is 0 Å². The third-order valence-corrected chi connectivity index (χ3v) is 5.05. The van der Waals surface area contributed by atoms with Crippen molar-refractivity contribution in [3.05, 3.63) is 77.6 Å². The van der Waals surface area contributed by atoms with Crippen molar-refractivity contribution in [2.24, 2.45) is 0 Å². The summed E-state index contributed by atoms with van der Waals surface area (Å²) in [5.74, 6) is -0.893. The van der Waals surface area contributed by atoms with E-state index in [1.165, 1.54) is 30.2 Å². The summed E-state index contributed by atoms with van der Waals surface area (Å²) in [6, 6.07) is 16.1. The molecule has 3 aromatic rings. The molecule has 0 unspecified atom stereocenters. The highest BCUT2D eigenvalue weighted by Gasteiger charge is 2.34. The van der Waals surface area contributed by atoms with Crippen molar-refractivity contribution in [1.29, 1.82) is 0 Å². The first-order valence-corrected chi connectivity index (χ1v) is 9.77. The number of thiocarbonyl (C=S) groups is 1. The lowest BCUT2D eigenvalue weighted by molar-refractivity contribution is -0.122. The van der Waals surface area contributed by atoms with Crippen LogP contribution >= 0.6 is 12.2 Å². The second kappa shape index (κ2) is 8.48. The van der Waals surface area contributed by atoms with Gasteiger partial charge in [-0.15, -0.1) is 0 Å². The average molecular weight is 448 g/mol. The Labute approximate surface area is 187 Å². The molecule has 9 heteroatoms. The fourth-order valence-electron chi connectivity index (χ4n) is 3.13. The quantitative estimate of drug-likeness (QED) is 0.349. The van der Waals surface area contributed by atoms with E-state index in [2.05, 4.69) is 5.32 Å². The van der Waals surface area contributed by atoms with Crippen LogP contribution in [0.5, 0.6) is 5.75 Å². The lowest BCUT2D eigenvalue weighted by Crippen LogP contribution is -2.54. The molecule has 0 atom stereocenters. The Morgan fingerprint density at radius 1 is 1.06 bits per heavy atom. The van der Waals surface area contributed by atoms with Crippen LogP contribution < -0.4 is 15.0 Å². The van der Waals surface area contributed by atoms with Crippen LogP contribution in [0.4, 0.5) is 5.69 Å². The van der Waals surface area contributed by atoms with Crippen LogP contribution in [0.1, 0.15) is 16.1 Å². The van der Waals surface area contributed by atoms with Gasteiger partial charge in [-0.3, -0.25) is 19.8 Å². The van der Waals surface area contributed by atoms with E-state index in [1.807, 2.05) is 0 Å². The zero-order valence-corrected chi connectivity index (χ0v) is 17.5. The third kappa shape index (κ3) is 4.01. The first-order valence-electron chi connectivity index (χ1n) is 9.36. The number of carboxylic acids is 1. The van der Waals surface area contributed by atoms with Crippen molar-refractivity contribution in [3.8, 4) is 17.1 Å². The maximum Gasteiger partial charge on any atom is 0.335 e. The SMILES string of the molecule is COc1ccc(N2C(=O)/C(=C\c3ccc(-c4ccc(C(=O)O)cc4)o3)C(=O)NC2=S)cc1. The van der Waals surface area contributed by atoms with Gasteiger partial charge in [0, 0.05) is 5.56 Å². The number of rotatable bonds is 5. The highest BCUT2D eigenvalue weighted by Crippen LogP contribution is 2.27. The molecule has 160 valence electrons. The molecule has 1 aliphatic heterocycles. The van der Waals surface area contributed by atoms with E-state index < -0.39 is 17.8 Å². The number of anilines is 1. The molecule has 1 fully saturated rings. The smallest absolute Gasteiger partial charge is 0.335 e. The van der Waals surface area contributed by atoms with Gasteiger partial charge in [-0.05, 0) is 66.8 Å². The van der Waals surface area contributed by atoms with Crippen molar-refractivity contribution in [2.45, 2.75) is 0 Å². The van der Waals surface area contributed by atoms with E-state index in [0.29, 0.717) is 22.8 Å². The van der Waals surface area contributed by atoms with Crippen molar-refractivity contribution in [2.75, 3.05) is 12.0 Å². The van der Waals surface area contributed by atoms with Crippen molar-refractivity contribution in [3.63, 3.8) is 0 Å². The highest BCUT2D eigenvalue weighted by molar-refractivity contribution is 7.80. The van der Waals surface area contributed by atoms with Crippen LogP contribution in [-0.2, 0) is 9.59 Å². The number of nitrogens with one attached hydrogen (secondary N) is 1. The molecule has 0 spiro atoms. The molecule has 2 amide bonds. The summed E-state index contributed by atoms with van der Waals surface area (Å²) in [7, 11) is 1.53. The first kappa shape index (κ1) is 21.0. The van der Waals surface area contributed by atoms with Gasteiger partial charge in [0.2, 0.25) is 0 Å². The summed E-state index contributed by atoms with van der Waals surface area (Å²) in [5.41, 5.74) is 1.14. The van der Waals surface area contributed by atoms with Crippen LogP contribution in [0.3, 0.4) is 0 Å². The largest absolute Gasteiger partial charge is 0.497 e. The molecule has 2 heterocycles. The normalized spacial score (nSPS) is 15.1. The minimum atomic E-state index is -1.03. The third-order valence-electron chi connectivity index (χ3n) is 4.76. The molecule has 32 heavy (non-hydrogen) atoms. The minimum Gasteiger partial charge on any atom is -0.497 e. The molecule has 8 nitrogen and oxygen atoms in total. The molecular formula is C23H16N2O6S.